The molecule has 0 unspecified atom stereocenters. The molecule has 0 spiro atoms. The number of carbonyl (C=O) groups excluding carboxylic acids is 1. The van der Waals surface area contributed by atoms with Crippen molar-refractivity contribution in [1.82, 2.24) is 4.98 Å². The quantitative estimate of drug-likeness (QED) is 0.791. The smallest absolute Gasteiger partial charge is 0.259 e. The van der Waals surface area contributed by atoms with Gasteiger partial charge in [-0.2, -0.15) is 0 Å². The molecule has 0 aliphatic rings. The average Bonchev–Trinajstić information content (AvgIpc) is 2.86. The molecule has 6 heteroatoms. The molecule has 2 aromatic carbocycles. The van der Waals surface area contributed by atoms with E-state index in [0.29, 0.717) is 33.5 Å². The zero-order valence-corrected chi connectivity index (χ0v) is 12.8. The molecule has 0 radical (unpaired) electrons. The van der Waals surface area contributed by atoms with Crippen LogP contribution in [0.4, 0.5) is 5.69 Å². The van der Waals surface area contributed by atoms with Crippen molar-refractivity contribution in [2.45, 2.75) is 6.92 Å². The molecule has 0 saturated heterocycles. The van der Waals surface area contributed by atoms with Crippen LogP contribution in [-0.2, 0) is 0 Å². The van der Waals surface area contributed by atoms with Crippen molar-refractivity contribution in [3.8, 4) is 5.75 Å². The van der Waals surface area contributed by atoms with Crippen molar-refractivity contribution >= 4 is 34.3 Å². The van der Waals surface area contributed by atoms with E-state index in [2.05, 4.69) is 10.3 Å². The van der Waals surface area contributed by atoms with Crippen LogP contribution in [0.25, 0.3) is 11.1 Å². The molecule has 0 fully saturated rings. The van der Waals surface area contributed by atoms with E-state index in [1.54, 1.807) is 43.3 Å². The molecule has 1 heterocycles. The summed E-state index contributed by atoms with van der Waals surface area (Å²) >= 11 is 5.90. The number of nitrogens with zero attached hydrogens (tertiary/aromatic N) is 1. The molecule has 0 bridgehead atoms. The molecule has 1 N–H and O–H groups in total. The van der Waals surface area contributed by atoms with Crippen molar-refractivity contribution in [2.24, 2.45) is 0 Å². The van der Waals surface area contributed by atoms with Crippen molar-refractivity contribution in [3.63, 3.8) is 0 Å². The first kappa shape index (κ1) is 14.4. The summed E-state index contributed by atoms with van der Waals surface area (Å²) in [5, 5.41) is 3.31. The zero-order valence-electron chi connectivity index (χ0n) is 12.0. The third-order valence-corrected chi connectivity index (χ3v) is 3.40. The molecular weight excluding hydrogens is 304 g/mol. The number of aryl methyl sites for hydroxylation is 1. The summed E-state index contributed by atoms with van der Waals surface area (Å²) in [7, 11) is 1.49. The maximum Gasteiger partial charge on any atom is 0.259 e. The number of oxazole rings is 1. The summed E-state index contributed by atoms with van der Waals surface area (Å²) in [6.45, 7) is 1.77. The molecule has 1 amide bonds. The number of halogens is 1. The van der Waals surface area contributed by atoms with Crippen molar-refractivity contribution in [3.05, 3.63) is 52.9 Å². The van der Waals surface area contributed by atoms with Crippen molar-refractivity contribution in [2.75, 3.05) is 12.4 Å². The van der Waals surface area contributed by atoms with Crippen LogP contribution < -0.4 is 10.1 Å². The topological polar surface area (TPSA) is 64.4 Å². The van der Waals surface area contributed by atoms with E-state index in [4.69, 9.17) is 20.8 Å². The van der Waals surface area contributed by atoms with E-state index in [1.165, 1.54) is 7.11 Å². The monoisotopic (exact) mass is 316 g/mol. The third-order valence-electron chi connectivity index (χ3n) is 3.16. The lowest BCUT2D eigenvalue weighted by atomic mass is 10.2. The average molecular weight is 317 g/mol. The number of rotatable bonds is 3. The number of methoxy groups -OCH3 is 1. The summed E-state index contributed by atoms with van der Waals surface area (Å²) in [6.07, 6.45) is 0. The molecule has 0 atom stereocenters. The van der Waals surface area contributed by atoms with E-state index in [1.807, 2.05) is 0 Å². The number of aromatic nitrogens is 1. The fraction of sp³-hybridized carbons (Fsp3) is 0.125. The summed E-state index contributed by atoms with van der Waals surface area (Å²) in [6, 6.07) is 10.1. The molecule has 3 aromatic rings. The van der Waals surface area contributed by atoms with Gasteiger partial charge in [0.1, 0.15) is 11.3 Å². The van der Waals surface area contributed by atoms with Gasteiger partial charge in [-0.05, 0) is 30.3 Å². The molecule has 0 saturated carbocycles. The van der Waals surface area contributed by atoms with Gasteiger partial charge in [-0.15, -0.1) is 0 Å². The van der Waals surface area contributed by atoms with Gasteiger partial charge < -0.3 is 14.5 Å². The van der Waals surface area contributed by atoms with Crippen molar-refractivity contribution < 1.29 is 13.9 Å². The Morgan fingerprint density at radius 1 is 1.27 bits per heavy atom. The lowest BCUT2D eigenvalue weighted by molar-refractivity contribution is 0.102. The largest absolute Gasteiger partial charge is 0.496 e. The number of hydrogen-bond donors (Lipinski definition) is 1. The highest BCUT2D eigenvalue weighted by Gasteiger charge is 2.13. The third kappa shape index (κ3) is 2.76. The lowest BCUT2D eigenvalue weighted by Crippen LogP contribution is -2.13. The van der Waals surface area contributed by atoms with Gasteiger partial charge in [-0.25, -0.2) is 4.98 Å². The second kappa shape index (κ2) is 5.69. The van der Waals surface area contributed by atoms with E-state index in [0.717, 1.165) is 5.52 Å². The van der Waals surface area contributed by atoms with E-state index < -0.39 is 0 Å². The van der Waals surface area contributed by atoms with Gasteiger partial charge in [0, 0.05) is 23.7 Å². The van der Waals surface area contributed by atoms with Gasteiger partial charge in [0.05, 0.1) is 12.7 Å². The Kier molecular flexibility index (Phi) is 3.73. The number of nitrogens with one attached hydrogen (secondary N) is 1. The minimum atomic E-state index is -0.288. The molecule has 3 rings (SSSR count). The maximum absolute atomic E-state index is 12.4. The van der Waals surface area contributed by atoms with Gasteiger partial charge in [-0.3, -0.25) is 4.79 Å². The molecular formula is C16H13ClN2O3. The molecule has 22 heavy (non-hydrogen) atoms. The minimum Gasteiger partial charge on any atom is -0.496 e. The van der Waals surface area contributed by atoms with Crippen LogP contribution in [0.1, 0.15) is 16.2 Å². The molecule has 5 nitrogen and oxygen atoms in total. The van der Waals surface area contributed by atoms with E-state index >= 15 is 0 Å². The fourth-order valence-electron chi connectivity index (χ4n) is 2.17. The number of carbonyl (C=O) groups is 1. The molecule has 0 aliphatic carbocycles. The Morgan fingerprint density at radius 3 is 2.86 bits per heavy atom. The van der Waals surface area contributed by atoms with Crippen LogP contribution in [0.3, 0.4) is 0 Å². The first-order valence-corrected chi connectivity index (χ1v) is 6.96. The SMILES string of the molecule is COc1cc(Cl)ccc1C(=O)Nc1ccc2nc(C)oc2c1. The Morgan fingerprint density at radius 2 is 2.09 bits per heavy atom. The normalized spacial score (nSPS) is 10.7. The van der Waals surface area contributed by atoms with Crippen LogP contribution >= 0.6 is 11.6 Å². The Bertz CT molecular complexity index is 858. The van der Waals surface area contributed by atoms with E-state index in [-0.39, 0.29) is 5.91 Å². The summed E-state index contributed by atoms with van der Waals surface area (Å²) < 4.78 is 10.6. The molecule has 1 aromatic heterocycles. The predicted molar refractivity (Wildman–Crippen MR) is 84.7 cm³/mol. The zero-order chi connectivity index (χ0) is 15.7. The minimum absolute atomic E-state index is 0.288. The second-order valence-corrected chi connectivity index (χ2v) is 5.15. The molecule has 0 aliphatic heterocycles. The fourth-order valence-corrected chi connectivity index (χ4v) is 2.33. The Hall–Kier alpha value is -2.53. The standard InChI is InChI=1S/C16H13ClN2O3/c1-9-18-13-6-4-11(8-15(13)22-9)19-16(20)12-5-3-10(17)7-14(12)21-2/h3-8H,1-2H3,(H,19,20). The number of anilines is 1. The number of benzene rings is 2. The van der Waals surface area contributed by atoms with Crippen molar-refractivity contribution in [1.29, 1.82) is 0 Å². The maximum atomic E-state index is 12.4. The van der Waals surface area contributed by atoms with Gasteiger partial charge in [0.2, 0.25) is 0 Å². The van der Waals surface area contributed by atoms with Gasteiger partial charge in [0.25, 0.3) is 5.91 Å². The van der Waals surface area contributed by atoms with Gasteiger partial charge in [-0.1, -0.05) is 11.6 Å². The van der Waals surface area contributed by atoms with Crippen LogP contribution in [0.15, 0.2) is 40.8 Å². The summed E-state index contributed by atoms with van der Waals surface area (Å²) in [5.41, 5.74) is 2.39. The Balaban J connectivity index is 1.89. The van der Waals surface area contributed by atoms with Gasteiger partial charge in [0.15, 0.2) is 11.5 Å². The van der Waals surface area contributed by atoms with Gasteiger partial charge >= 0.3 is 0 Å². The van der Waals surface area contributed by atoms with Crippen LogP contribution in [-0.4, -0.2) is 18.0 Å². The highest BCUT2D eigenvalue weighted by molar-refractivity contribution is 6.31. The summed E-state index contributed by atoms with van der Waals surface area (Å²) in [5.74, 6) is 0.712. The molecule has 112 valence electrons. The van der Waals surface area contributed by atoms with Crippen LogP contribution in [0, 0.1) is 6.92 Å². The number of hydrogen-bond acceptors (Lipinski definition) is 4. The van der Waals surface area contributed by atoms with E-state index in [9.17, 15) is 4.79 Å². The number of amides is 1. The highest BCUT2D eigenvalue weighted by Crippen LogP contribution is 2.25. The van der Waals surface area contributed by atoms with Crippen LogP contribution in [0.5, 0.6) is 5.75 Å². The van der Waals surface area contributed by atoms with Crippen LogP contribution in [0.2, 0.25) is 5.02 Å². The first-order chi connectivity index (χ1) is 10.6. The predicted octanol–water partition coefficient (Wildman–Crippen LogP) is 4.05. The summed E-state index contributed by atoms with van der Waals surface area (Å²) in [4.78, 5) is 16.6. The number of fused-ring (bicyclic) bond motifs is 1. The highest BCUT2D eigenvalue weighted by atomic mass is 35.5. The second-order valence-electron chi connectivity index (χ2n) is 4.71. The lowest BCUT2D eigenvalue weighted by Gasteiger charge is -2.09. The first-order valence-electron chi connectivity index (χ1n) is 6.59. The Labute approximate surface area is 131 Å². The number of ether oxygens (including phenoxy) is 1.